The van der Waals surface area contributed by atoms with Gasteiger partial charge < -0.3 is 24.8 Å². The number of halogens is 1. The van der Waals surface area contributed by atoms with Crippen LogP contribution in [0.15, 0.2) is 30.3 Å². The van der Waals surface area contributed by atoms with Crippen molar-refractivity contribution >= 4 is 29.3 Å². The molecule has 7 nitrogen and oxygen atoms in total. The number of rotatable bonds is 5. The van der Waals surface area contributed by atoms with E-state index in [9.17, 15) is 14.7 Å². The van der Waals surface area contributed by atoms with Crippen LogP contribution in [0.25, 0.3) is 0 Å². The van der Waals surface area contributed by atoms with Crippen molar-refractivity contribution in [3.8, 4) is 11.5 Å². The number of carbonyl (C=O) groups is 2. The summed E-state index contributed by atoms with van der Waals surface area (Å²) in [5.41, 5.74) is 3.14. The smallest absolute Gasteiger partial charge is 0.322 e. The molecule has 0 spiro atoms. The lowest BCUT2D eigenvalue weighted by Gasteiger charge is -2.37. The zero-order valence-electron chi connectivity index (χ0n) is 16.5. The third-order valence-corrected chi connectivity index (χ3v) is 5.31. The van der Waals surface area contributed by atoms with Crippen molar-refractivity contribution in [1.29, 1.82) is 0 Å². The third kappa shape index (κ3) is 4.40. The van der Waals surface area contributed by atoms with E-state index >= 15 is 0 Å². The lowest BCUT2D eigenvalue weighted by atomic mass is 9.90. The molecule has 0 saturated heterocycles. The molecule has 2 amide bonds. The fourth-order valence-electron chi connectivity index (χ4n) is 3.57. The monoisotopic (exact) mass is 418 g/mol. The molecule has 0 aromatic heterocycles. The molecule has 0 saturated carbocycles. The molecule has 8 heteroatoms. The highest BCUT2D eigenvalue weighted by Crippen LogP contribution is 2.39. The van der Waals surface area contributed by atoms with Crippen molar-refractivity contribution in [2.24, 2.45) is 0 Å². The van der Waals surface area contributed by atoms with Gasteiger partial charge in [-0.2, -0.15) is 0 Å². The third-order valence-electron chi connectivity index (χ3n) is 5.07. The second kappa shape index (κ2) is 8.61. The van der Waals surface area contributed by atoms with Crippen molar-refractivity contribution in [3.05, 3.63) is 52.0 Å². The second-order valence-electron chi connectivity index (χ2n) is 6.85. The van der Waals surface area contributed by atoms with E-state index < -0.39 is 12.0 Å². The summed E-state index contributed by atoms with van der Waals surface area (Å²) < 4.78 is 10.7. The number of ether oxygens (including phenoxy) is 2. The second-order valence-corrected chi connectivity index (χ2v) is 7.29. The summed E-state index contributed by atoms with van der Waals surface area (Å²) >= 11 is 6.04. The van der Waals surface area contributed by atoms with Crippen molar-refractivity contribution in [2.45, 2.75) is 25.8 Å². The maximum absolute atomic E-state index is 13.0. The first-order valence-electron chi connectivity index (χ1n) is 9.14. The molecule has 0 aliphatic carbocycles. The normalized spacial score (nSPS) is 15.4. The Labute approximate surface area is 174 Å². The van der Waals surface area contributed by atoms with Gasteiger partial charge in [0.15, 0.2) is 11.5 Å². The molecule has 2 aromatic rings. The summed E-state index contributed by atoms with van der Waals surface area (Å²) in [7, 11) is 3.07. The van der Waals surface area contributed by atoms with E-state index in [1.807, 2.05) is 19.1 Å². The minimum absolute atomic E-state index is 0.218. The number of methoxy groups -OCH3 is 2. The number of benzene rings is 2. The van der Waals surface area contributed by atoms with Gasteiger partial charge >= 0.3 is 12.0 Å². The van der Waals surface area contributed by atoms with Crippen LogP contribution in [-0.4, -0.2) is 42.8 Å². The van der Waals surface area contributed by atoms with Gasteiger partial charge in [-0.1, -0.05) is 17.7 Å². The number of hydrogen-bond acceptors (Lipinski definition) is 4. The molecular formula is C21H23ClN2O5. The molecule has 2 N–H and O–H groups in total. The van der Waals surface area contributed by atoms with Crippen molar-refractivity contribution < 1.29 is 24.2 Å². The highest BCUT2D eigenvalue weighted by molar-refractivity contribution is 6.31. The van der Waals surface area contributed by atoms with Gasteiger partial charge in [-0.25, -0.2) is 4.79 Å². The number of urea groups is 1. The van der Waals surface area contributed by atoms with Crippen molar-refractivity contribution in [3.63, 3.8) is 0 Å². The molecule has 1 aliphatic rings. The predicted molar refractivity (Wildman–Crippen MR) is 110 cm³/mol. The summed E-state index contributed by atoms with van der Waals surface area (Å²) in [4.78, 5) is 26.1. The minimum atomic E-state index is -0.991. The number of nitrogens with zero attached hydrogens (tertiary/aromatic N) is 1. The number of aliphatic carboxylic acids is 1. The van der Waals surface area contributed by atoms with Crippen LogP contribution in [0.1, 0.15) is 29.2 Å². The van der Waals surface area contributed by atoms with E-state index in [2.05, 4.69) is 5.32 Å². The summed E-state index contributed by atoms with van der Waals surface area (Å²) in [6.07, 6.45) is 0.359. The summed E-state index contributed by atoms with van der Waals surface area (Å²) in [6.45, 7) is 2.25. The number of hydrogen-bond donors (Lipinski definition) is 2. The van der Waals surface area contributed by atoms with Gasteiger partial charge in [-0.05, 0) is 54.3 Å². The highest BCUT2D eigenvalue weighted by Gasteiger charge is 2.34. The molecular weight excluding hydrogens is 396 g/mol. The zero-order chi connectivity index (χ0) is 21.1. The van der Waals surface area contributed by atoms with Gasteiger partial charge in [0.05, 0.1) is 26.7 Å². The van der Waals surface area contributed by atoms with E-state index in [1.54, 1.807) is 30.2 Å². The van der Waals surface area contributed by atoms with Crippen LogP contribution in [0.5, 0.6) is 11.5 Å². The van der Waals surface area contributed by atoms with Crippen LogP contribution in [0.3, 0.4) is 0 Å². The van der Waals surface area contributed by atoms with Crippen LogP contribution in [0, 0.1) is 6.92 Å². The fraction of sp³-hybridized carbons (Fsp3) is 0.333. The van der Waals surface area contributed by atoms with Crippen LogP contribution >= 0.6 is 11.6 Å². The van der Waals surface area contributed by atoms with Crippen LogP contribution in [0.4, 0.5) is 10.5 Å². The molecule has 29 heavy (non-hydrogen) atoms. The molecule has 0 radical (unpaired) electrons. The van der Waals surface area contributed by atoms with E-state index in [0.29, 0.717) is 35.2 Å². The molecule has 0 fully saturated rings. The Morgan fingerprint density at radius 3 is 2.55 bits per heavy atom. The Morgan fingerprint density at radius 2 is 1.90 bits per heavy atom. The Bertz CT molecular complexity index is 947. The minimum Gasteiger partial charge on any atom is -0.493 e. The Kier molecular flexibility index (Phi) is 6.17. The standard InChI is InChI=1S/C21H23ClN2O5/c1-12-4-5-14(22)9-16(12)23-21(27)24-7-6-13-8-18(28-2)19(29-3)10-15(13)17(24)11-20(25)26/h4-5,8-10,17H,6-7,11H2,1-3H3,(H,23,27)(H,25,26). The van der Waals surface area contributed by atoms with Crippen LogP contribution < -0.4 is 14.8 Å². The number of carboxylic acids is 1. The van der Waals surface area contributed by atoms with Crippen molar-refractivity contribution in [1.82, 2.24) is 4.90 Å². The number of aryl methyl sites for hydroxylation is 1. The Balaban J connectivity index is 1.96. The van der Waals surface area contributed by atoms with Crippen LogP contribution in [-0.2, 0) is 11.2 Å². The average molecular weight is 419 g/mol. The molecule has 0 bridgehead atoms. The largest absolute Gasteiger partial charge is 0.493 e. The first kappa shape index (κ1) is 20.8. The lowest BCUT2D eigenvalue weighted by Crippen LogP contribution is -2.43. The average Bonchev–Trinajstić information content (AvgIpc) is 2.69. The maximum Gasteiger partial charge on any atom is 0.322 e. The van der Waals surface area contributed by atoms with Gasteiger partial charge in [0, 0.05) is 17.3 Å². The van der Waals surface area contributed by atoms with E-state index in [-0.39, 0.29) is 12.5 Å². The number of amides is 2. The Morgan fingerprint density at radius 1 is 1.21 bits per heavy atom. The van der Waals surface area contributed by atoms with E-state index in [1.165, 1.54) is 7.11 Å². The number of carbonyl (C=O) groups excluding carboxylic acids is 1. The SMILES string of the molecule is COc1cc2c(cc1OC)C(CC(=O)O)N(C(=O)Nc1cc(Cl)ccc1C)CC2. The quantitative estimate of drug-likeness (QED) is 0.756. The van der Waals surface area contributed by atoms with E-state index in [4.69, 9.17) is 21.1 Å². The molecule has 1 aliphatic heterocycles. The molecule has 3 rings (SSSR count). The summed E-state index contributed by atoms with van der Waals surface area (Å²) in [5, 5.41) is 12.8. The van der Waals surface area contributed by atoms with Gasteiger partial charge in [0.1, 0.15) is 0 Å². The molecule has 2 aromatic carbocycles. The fourth-order valence-corrected chi connectivity index (χ4v) is 3.74. The summed E-state index contributed by atoms with van der Waals surface area (Å²) in [5.74, 6) is 0.0803. The van der Waals surface area contributed by atoms with Gasteiger partial charge in [-0.15, -0.1) is 0 Å². The zero-order valence-corrected chi connectivity index (χ0v) is 17.2. The van der Waals surface area contributed by atoms with E-state index in [0.717, 1.165) is 16.7 Å². The number of anilines is 1. The summed E-state index contributed by atoms with van der Waals surface area (Å²) in [6, 6.07) is 7.83. The van der Waals surface area contributed by atoms with Crippen molar-refractivity contribution in [2.75, 3.05) is 26.1 Å². The van der Waals surface area contributed by atoms with Gasteiger partial charge in [0.25, 0.3) is 0 Å². The number of carboxylic acid groups (broad SMARTS) is 1. The van der Waals surface area contributed by atoms with Gasteiger partial charge in [0.2, 0.25) is 0 Å². The molecule has 1 unspecified atom stereocenters. The topological polar surface area (TPSA) is 88.1 Å². The highest BCUT2D eigenvalue weighted by atomic mass is 35.5. The van der Waals surface area contributed by atoms with Crippen LogP contribution in [0.2, 0.25) is 5.02 Å². The first-order valence-corrected chi connectivity index (χ1v) is 9.52. The van der Waals surface area contributed by atoms with Gasteiger partial charge in [-0.3, -0.25) is 4.79 Å². The lowest BCUT2D eigenvalue weighted by molar-refractivity contribution is -0.138. The first-order chi connectivity index (χ1) is 13.8. The maximum atomic E-state index is 13.0. The predicted octanol–water partition coefficient (Wildman–Crippen LogP) is 4.27. The number of fused-ring (bicyclic) bond motifs is 1. The Hall–Kier alpha value is -2.93. The molecule has 154 valence electrons. The molecule has 1 atom stereocenters. The number of nitrogens with one attached hydrogen (secondary N) is 1. The molecule has 1 heterocycles.